The second kappa shape index (κ2) is 6.50. The van der Waals surface area contributed by atoms with Gasteiger partial charge in [-0.2, -0.15) is 0 Å². The molecule has 114 valence electrons. The van der Waals surface area contributed by atoms with Crippen molar-refractivity contribution >= 4 is 5.97 Å². The van der Waals surface area contributed by atoms with Crippen molar-refractivity contribution in [3.05, 3.63) is 29.8 Å². The van der Waals surface area contributed by atoms with Crippen LogP contribution in [-0.4, -0.2) is 18.7 Å². The highest BCUT2D eigenvalue weighted by molar-refractivity contribution is 5.66. The van der Waals surface area contributed by atoms with E-state index in [-0.39, 0.29) is 18.0 Å². The van der Waals surface area contributed by atoms with Gasteiger partial charge in [-0.05, 0) is 44.1 Å². The van der Waals surface area contributed by atoms with Crippen LogP contribution in [0.15, 0.2) is 24.3 Å². The van der Waals surface area contributed by atoms with Crippen LogP contribution in [0.4, 0.5) is 0 Å². The van der Waals surface area contributed by atoms with E-state index in [2.05, 4.69) is 18.2 Å². The first-order valence-corrected chi connectivity index (χ1v) is 8.13. The molecule has 2 saturated carbocycles. The summed E-state index contributed by atoms with van der Waals surface area (Å²) in [6.45, 7) is 2.32. The van der Waals surface area contributed by atoms with Crippen molar-refractivity contribution < 1.29 is 14.3 Å². The summed E-state index contributed by atoms with van der Waals surface area (Å²) in [5.41, 5.74) is 1.21. The minimum atomic E-state index is -0.178. The Labute approximate surface area is 126 Å². The maximum absolute atomic E-state index is 11.3. The fourth-order valence-corrected chi connectivity index (χ4v) is 3.22. The Kier molecular flexibility index (Phi) is 4.47. The Morgan fingerprint density at radius 3 is 2.67 bits per heavy atom. The molecule has 3 heteroatoms. The van der Waals surface area contributed by atoms with Crippen molar-refractivity contribution in [3.63, 3.8) is 0 Å². The van der Waals surface area contributed by atoms with Gasteiger partial charge >= 0.3 is 5.97 Å². The van der Waals surface area contributed by atoms with Crippen molar-refractivity contribution in [3.8, 4) is 5.75 Å². The number of para-hydroxylation sites is 1. The van der Waals surface area contributed by atoms with Gasteiger partial charge in [-0.15, -0.1) is 0 Å². The molecule has 0 heterocycles. The summed E-state index contributed by atoms with van der Waals surface area (Å²) in [5, 5.41) is 0. The van der Waals surface area contributed by atoms with Crippen LogP contribution in [0.5, 0.6) is 5.75 Å². The van der Waals surface area contributed by atoms with E-state index in [0.717, 1.165) is 37.5 Å². The van der Waals surface area contributed by atoms with Crippen molar-refractivity contribution in [1.29, 1.82) is 0 Å². The summed E-state index contributed by atoms with van der Waals surface area (Å²) in [6, 6.07) is 8.26. The number of esters is 1. The summed E-state index contributed by atoms with van der Waals surface area (Å²) in [4.78, 5) is 11.3. The van der Waals surface area contributed by atoms with Gasteiger partial charge in [0.15, 0.2) is 0 Å². The van der Waals surface area contributed by atoms with Gasteiger partial charge < -0.3 is 9.47 Å². The first-order chi connectivity index (χ1) is 10.2. The van der Waals surface area contributed by atoms with Crippen LogP contribution in [0.2, 0.25) is 0 Å². The molecule has 0 aromatic heterocycles. The first kappa shape index (κ1) is 14.4. The zero-order valence-electron chi connectivity index (χ0n) is 12.7. The van der Waals surface area contributed by atoms with Crippen molar-refractivity contribution in [2.75, 3.05) is 6.61 Å². The highest BCUT2D eigenvalue weighted by atomic mass is 16.5. The van der Waals surface area contributed by atoms with E-state index in [1.807, 2.05) is 6.07 Å². The molecule has 2 atom stereocenters. The van der Waals surface area contributed by atoms with Crippen molar-refractivity contribution in [2.24, 2.45) is 5.92 Å². The van der Waals surface area contributed by atoms with Gasteiger partial charge in [0.1, 0.15) is 11.9 Å². The molecule has 0 bridgehead atoms. The second-order valence-electron chi connectivity index (χ2n) is 6.33. The number of rotatable bonds is 5. The molecule has 2 aliphatic carbocycles. The lowest BCUT2D eigenvalue weighted by molar-refractivity contribution is -0.148. The molecular formula is C18H24O3. The Bertz CT molecular complexity index is 493. The average Bonchev–Trinajstić information content (AvgIpc) is 3.30. The lowest BCUT2D eigenvalue weighted by atomic mass is 9.81. The van der Waals surface area contributed by atoms with E-state index in [0.29, 0.717) is 0 Å². The van der Waals surface area contributed by atoms with Gasteiger partial charge in [-0.1, -0.05) is 24.6 Å². The van der Waals surface area contributed by atoms with Crippen LogP contribution in [0.3, 0.4) is 0 Å². The number of ether oxygens (including phenoxy) is 2. The number of hydrogen-bond acceptors (Lipinski definition) is 3. The molecule has 21 heavy (non-hydrogen) atoms. The predicted octanol–water partition coefficient (Wildman–Crippen LogP) is 4.06. The molecule has 3 rings (SSSR count). The van der Waals surface area contributed by atoms with E-state index >= 15 is 0 Å². The number of hydrogen-bond donors (Lipinski definition) is 0. The molecule has 0 N–H and O–H groups in total. The average molecular weight is 288 g/mol. The first-order valence-electron chi connectivity index (χ1n) is 8.13. The zero-order valence-corrected chi connectivity index (χ0v) is 12.7. The number of benzene rings is 1. The van der Waals surface area contributed by atoms with Gasteiger partial charge in [0.2, 0.25) is 0 Å². The van der Waals surface area contributed by atoms with E-state index in [1.54, 1.807) is 0 Å². The third-order valence-electron chi connectivity index (χ3n) is 4.51. The summed E-state index contributed by atoms with van der Waals surface area (Å²) < 4.78 is 11.6. The van der Waals surface area contributed by atoms with Gasteiger partial charge in [-0.25, -0.2) is 0 Å². The molecule has 1 aromatic rings. The fraction of sp³-hybridized carbons (Fsp3) is 0.611. The summed E-state index contributed by atoms with van der Waals surface area (Å²) >= 11 is 0. The summed E-state index contributed by atoms with van der Waals surface area (Å²) in [7, 11) is 0. The normalized spacial score (nSPS) is 25.4. The molecular weight excluding hydrogens is 264 g/mol. The van der Waals surface area contributed by atoms with Gasteiger partial charge in [0, 0.05) is 18.4 Å². The van der Waals surface area contributed by atoms with Crippen LogP contribution < -0.4 is 4.74 Å². The Balaban J connectivity index is 1.77. The molecule has 0 amide bonds. The third-order valence-corrected chi connectivity index (χ3v) is 4.51. The van der Waals surface area contributed by atoms with Gasteiger partial charge in [-0.3, -0.25) is 4.79 Å². The zero-order chi connectivity index (χ0) is 14.7. The molecule has 1 aromatic carbocycles. The van der Waals surface area contributed by atoms with Crippen LogP contribution in [0, 0.1) is 5.92 Å². The Morgan fingerprint density at radius 1 is 1.14 bits per heavy atom. The lowest BCUT2D eigenvalue weighted by Gasteiger charge is -2.32. The standard InChI is InChI=1S/C18H24O3/c1-13(19)21-18-9-5-3-7-16(18)15-6-2-4-8-17(15)20-12-14-10-11-14/h2,4,6,8,14,16,18H,3,5,7,9-12H2,1H3/t16-,18+/m1/s1. The largest absolute Gasteiger partial charge is 0.493 e. The van der Waals surface area contributed by atoms with E-state index in [4.69, 9.17) is 9.47 Å². The highest BCUT2D eigenvalue weighted by Gasteiger charge is 2.31. The van der Waals surface area contributed by atoms with Crippen LogP contribution >= 0.6 is 0 Å². The van der Waals surface area contributed by atoms with Gasteiger partial charge in [0.05, 0.1) is 6.61 Å². The minimum absolute atomic E-state index is 0.00178. The topological polar surface area (TPSA) is 35.5 Å². The van der Waals surface area contributed by atoms with Crippen LogP contribution in [0.25, 0.3) is 0 Å². The summed E-state index contributed by atoms with van der Waals surface area (Å²) in [5.74, 6) is 1.82. The molecule has 3 nitrogen and oxygen atoms in total. The maximum atomic E-state index is 11.3. The lowest BCUT2D eigenvalue weighted by Crippen LogP contribution is -2.28. The highest BCUT2D eigenvalue weighted by Crippen LogP contribution is 2.40. The van der Waals surface area contributed by atoms with Crippen molar-refractivity contribution in [2.45, 2.75) is 57.5 Å². The van der Waals surface area contributed by atoms with E-state index in [1.165, 1.54) is 31.7 Å². The molecule has 0 unspecified atom stereocenters. The molecule has 0 radical (unpaired) electrons. The fourth-order valence-electron chi connectivity index (χ4n) is 3.22. The van der Waals surface area contributed by atoms with Crippen molar-refractivity contribution in [1.82, 2.24) is 0 Å². The quantitative estimate of drug-likeness (QED) is 0.766. The number of carbonyl (C=O) groups excluding carboxylic acids is 1. The van der Waals surface area contributed by atoms with E-state index in [9.17, 15) is 4.79 Å². The molecule has 2 aliphatic rings. The molecule has 2 fully saturated rings. The molecule has 0 saturated heterocycles. The molecule has 0 aliphatic heterocycles. The smallest absolute Gasteiger partial charge is 0.302 e. The monoisotopic (exact) mass is 288 g/mol. The van der Waals surface area contributed by atoms with E-state index < -0.39 is 0 Å². The Morgan fingerprint density at radius 2 is 1.90 bits per heavy atom. The van der Waals surface area contributed by atoms with Crippen LogP contribution in [-0.2, 0) is 9.53 Å². The second-order valence-corrected chi connectivity index (χ2v) is 6.33. The molecule has 0 spiro atoms. The summed E-state index contributed by atoms with van der Waals surface area (Å²) in [6.07, 6.45) is 6.95. The maximum Gasteiger partial charge on any atom is 0.302 e. The van der Waals surface area contributed by atoms with Gasteiger partial charge in [0.25, 0.3) is 0 Å². The Hall–Kier alpha value is -1.51. The third kappa shape index (κ3) is 3.78. The minimum Gasteiger partial charge on any atom is -0.493 e. The predicted molar refractivity (Wildman–Crippen MR) is 81.4 cm³/mol. The van der Waals surface area contributed by atoms with Crippen LogP contribution in [0.1, 0.15) is 56.9 Å². The number of carbonyl (C=O) groups is 1. The SMILES string of the molecule is CC(=O)O[C@H]1CCCC[C@@H]1c1ccccc1OCC1CC1.